The van der Waals surface area contributed by atoms with Crippen molar-refractivity contribution in [2.75, 3.05) is 0 Å². The molecule has 0 amide bonds. The fourth-order valence-electron chi connectivity index (χ4n) is 9.09. The molecule has 0 aromatic heterocycles. The maximum Gasteiger partial charge on any atom is -0.00443 e. The van der Waals surface area contributed by atoms with E-state index in [-0.39, 0.29) is 0 Å². The van der Waals surface area contributed by atoms with Gasteiger partial charge in [0, 0.05) is 0 Å². The molecule has 0 aliphatic heterocycles. The first-order valence-corrected chi connectivity index (χ1v) is 19.3. The number of hydrogen-bond acceptors (Lipinski definition) is 0. The Morgan fingerprint density at radius 2 is 0.907 bits per heavy atom. The Labute approximate surface area is 268 Å². The quantitative estimate of drug-likeness (QED) is 0.144. The normalized spacial score (nSPS) is 18.1. The number of aryl methyl sites for hydroxylation is 1. The Balaban J connectivity index is 1.40. The van der Waals surface area contributed by atoms with Crippen molar-refractivity contribution in [2.24, 2.45) is 0 Å². The minimum Gasteiger partial charge on any atom is -0.0654 e. The van der Waals surface area contributed by atoms with E-state index in [1.807, 2.05) is 0 Å². The first-order chi connectivity index (χ1) is 21.1. The molecule has 0 bridgehead atoms. The Morgan fingerprint density at radius 1 is 0.465 bits per heavy atom. The average molecular weight is 585 g/mol. The van der Waals surface area contributed by atoms with Gasteiger partial charge >= 0.3 is 0 Å². The van der Waals surface area contributed by atoms with Gasteiger partial charge in [-0.15, -0.1) is 0 Å². The fraction of sp³-hybridized carbons (Fsp3) is 0.721. The van der Waals surface area contributed by atoms with Gasteiger partial charge in [0.1, 0.15) is 0 Å². The number of rotatable bonds is 19. The van der Waals surface area contributed by atoms with Crippen molar-refractivity contribution in [3.8, 4) is 11.1 Å². The molecular formula is C43H68. The van der Waals surface area contributed by atoms with Gasteiger partial charge in [0.25, 0.3) is 0 Å². The second kappa shape index (κ2) is 18.4. The molecule has 0 heterocycles. The van der Waals surface area contributed by atoms with Crippen LogP contribution in [-0.4, -0.2) is 0 Å². The summed E-state index contributed by atoms with van der Waals surface area (Å²) in [6.45, 7) is 7.05. The lowest BCUT2D eigenvalue weighted by atomic mass is 9.65. The zero-order valence-corrected chi connectivity index (χ0v) is 28.9. The lowest BCUT2D eigenvalue weighted by Gasteiger charge is -2.39. The molecule has 0 nitrogen and oxygen atoms in total. The Morgan fingerprint density at radius 3 is 1.42 bits per heavy atom. The lowest BCUT2D eigenvalue weighted by Crippen LogP contribution is -2.30. The zero-order valence-electron chi connectivity index (χ0n) is 28.9. The molecule has 0 radical (unpaired) electrons. The van der Waals surface area contributed by atoms with E-state index in [2.05, 4.69) is 63.2 Å². The van der Waals surface area contributed by atoms with Crippen molar-refractivity contribution in [2.45, 2.75) is 199 Å². The van der Waals surface area contributed by atoms with E-state index in [0.29, 0.717) is 10.8 Å². The molecule has 2 aromatic carbocycles. The first kappa shape index (κ1) is 34.3. The Kier molecular flexibility index (Phi) is 14.7. The molecule has 0 spiro atoms. The van der Waals surface area contributed by atoms with E-state index in [1.54, 1.807) is 11.1 Å². The van der Waals surface area contributed by atoms with Gasteiger partial charge in [0.2, 0.25) is 0 Å². The molecule has 0 N–H and O–H groups in total. The highest BCUT2D eigenvalue weighted by Gasteiger charge is 2.35. The summed E-state index contributed by atoms with van der Waals surface area (Å²) in [4.78, 5) is 0. The van der Waals surface area contributed by atoms with Crippen LogP contribution in [0.3, 0.4) is 0 Å². The van der Waals surface area contributed by atoms with Crippen molar-refractivity contribution in [1.29, 1.82) is 0 Å². The second-order valence-electron chi connectivity index (χ2n) is 15.0. The van der Waals surface area contributed by atoms with Crippen LogP contribution in [0.4, 0.5) is 0 Å². The Hall–Kier alpha value is -1.56. The monoisotopic (exact) mass is 585 g/mol. The van der Waals surface area contributed by atoms with E-state index in [9.17, 15) is 0 Å². The zero-order chi connectivity index (χ0) is 30.2. The summed E-state index contributed by atoms with van der Waals surface area (Å²) >= 11 is 0. The molecule has 2 aliphatic rings. The van der Waals surface area contributed by atoms with Gasteiger partial charge in [0.05, 0.1) is 0 Å². The smallest absolute Gasteiger partial charge is 0.00443 e. The number of benzene rings is 2. The minimum atomic E-state index is 0.428. The summed E-state index contributed by atoms with van der Waals surface area (Å²) < 4.78 is 0. The van der Waals surface area contributed by atoms with Crippen LogP contribution >= 0.6 is 0 Å². The van der Waals surface area contributed by atoms with Gasteiger partial charge < -0.3 is 0 Å². The van der Waals surface area contributed by atoms with Crippen LogP contribution in [0.5, 0.6) is 0 Å². The van der Waals surface area contributed by atoms with Gasteiger partial charge in [0.15, 0.2) is 0 Å². The van der Waals surface area contributed by atoms with Crippen LogP contribution in [0.15, 0.2) is 42.5 Å². The van der Waals surface area contributed by atoms with E-state index >= 15 is 0 Å². The maximum absolute atomic E-state index is 2.55. The third-order valence-corrected chi connectivity index (χ3v) is 11.8. The molecule has 2 fully saturated rings. The summed E-state index contributed by atoms with van der Waals surface area (Å²) in [5, 5.41) is 0. The van der Waals surface area contributed by atoms with Gasteiger partial charge in [-0.2, -0.15) is 0 Å². The van der Waals surface area contributed by atoms with Gasteiger partial charge in [-0.1, -0.05) is 185 Å². The average Bonchev–Trinajstić information content (AvgIpc) is 3.05. The van der Waals surface area contributed by atoms with Crippen molar-refractivity contribution in [3.05, 3.63) is 59.2 Å². The van der Waals surface area contributed by atoms with Crippen LogP contribution in [0.2, 0.25) is 0 Å². The summed E-state index contributed by atoms with van der Waals surface area (Å²) in [5.74, 6) is 0. The number of unbranched alkanes of at least 4 members (excludes halogenated alkanes) is 12. The molecule has 0 atom stereocenters. The molecule has 0 saturated heterocycles. The van der Waals surface area contributed by atoms with Gasteiger partial charge in [-0.05, 0) is 84.1 Å². The highest BCUT2D eigenvalue weighted by atomic mass is 14.4. The second-order valence-corrected chi connectivity index (χ2v) is 15.0. The first-order valence-electron chi connectivity index (χ1n) is 19.3. The number of hydrogen-bond donors (Lipinski definition) is 0. The standard InChI is InChI=1S/C43H68/c1-4-6-8-10-12-14-18-30-42(31-20-16-21-32-42)40-27-24-38(25-28-40)39-26-29-41(37(3)36-39)43(34-22-17-23-35-43)33-19-15-13-11-9-7-5-2/h24-29,36H,4-23,30-35H2,1-3H3. The molecule has 2 aromatic rings. The van der Waals surface area contributed by atoms with Crippen LogP contribution in [0.1, 0.15) is 197 Å². The summed E-state index contributed by atoms with van der Waals surface area (Å²) in [6, 6.07) is 17.5. The molecule has 0 unspecified atom stereocenters. The molecular weight excluding hydrogens is 516 g/mol. The highest BCUT2D eigenvalue weighted by Crippen LogP contribution is 2.46. The van der Waals surface area contributed by atoms with E-state index in [0.717, 1.165) is 0 Å². The fourth-order valence-corrected chi connectivity index (χ4v) is 9.09. The predicted molar refractivity (Wildman–Crippen MR) is 191 cm³/mol. The minimum absolute atomic E-state index is 0.428. The third-order valence-electron chi connectivity index (χ3n) is 11.8. The molecule has 0 heteroatoms. The van der Waals surface area contributed by atoms with E-state index < -0.39 is 0 Å². The topological polar surface area (TPSA) is 0 Å². The largest absolute Gasteiger partial charge is 0.0654 e. The predicted octanol–water partition coefficient (Wildman–Crippen LogP) is 14.3. The van der Waals surface area contributed by atoms with Gasteiger partial charge in [-0.3, -0.25) is 0 Å². The van der Waals surface area contributed by atoms with E-state index in [4.69, 9.17) is 0 Å². The van der Waals surface area contributed by atoms with Crippen LogP contribution in [-0.2, 0) is 10.8 Å². The van der Waals surface area contributed by atoms with Crippen molar-refractivity contribution >= 4 is 0 Å². The SMILES string of the molecule is CCCCCCCCCC1(c2ccc(-c3ccc(C4(CCCCCCCCC)CCCCC4)c(C)c3)cc2)CCCCC1. The molecule has 240 valence electrons. The van der Waals surface area contributed by atoms with Gasteiger partial charge in [-0.25, -0.2) is 0 Å². The molecule has 43 heavy (non-hydrogen) atoms. The van der Waals surface area contributed by atoms with E-state index in [1.165, 1.54) is 184 Å². The van der Waals surface area contributed by atoms with Crippen LogP contribution in [0.25, 0.3) is 11.1 Å². The highest BCUT2D eigenvalue weighted by molar-refractivity contribution is 5.66. The maximum atomic E-state index is 2.55. The third kappa shape index (κ3) is 9.96. The Bertz CT molecular complexity index is 1010. The molecule has 2 saturated carbocycles. The lowest BCUT2D eigenvalue weighted by molar-refractivity contribution is 0.264. The molecule has 2 aliphatic carbocycles. The van der Waals surface area contributed by atoms with Crippen LogP contribution in [0, 0.1) is 6.92 Å². The molecule has 4 rings (SSSR count). The summed E-state index contributed by atoms with van der Waals surface area (Å²) in [6.07, 6.45) is 36.8. The van der Waals surface area contributed by atoms with Crippen LogP contribution < -0.4 is 0 Å². The summed E-state index contributed by atoms with van der Waals surface area (Å²) in [5.41, 5.74) is 8.53. The van der Waals surface area contributed by atoms with Crippen molar-refractivity contribution in [1.82, 2.24) is 0 Å². The van der Waals surface area contributed by atoms with Crippen molar-refractivity contribution < 1.29 is 0 Å². The van der Waals surface area contributed by atoms with Crippen molar-refractivity contribution in [3.63, 3.8) is 0 Å². The summed E-state index contributed by atoms with van der Waals surface area (Å²) in [7, 11) is 0.